The van der Waals surface area contributed by atoms with Gasteiger partial charge in [-0.1, -0.05) is 6.07 Å². The highest BCUT2D eigenvalue weighted by atomic mass is 32.2. The second-order valence-corrected chi connectivity index (χ2v) is 6.55. The molecule has 86 valence electrons. The summed E-state index contributed by atoms with van der Waals surface area (Å²) < 4.78 is 25.8. The molecule has 0 unspecified atom stereocenters. The topological polar surface area (TPSA) is 63.4 Å². The second-order valence-electron chi connectivity index (χ2n) is 4.41. The molecule has 1 heterocycles. The lowest BCUT2D eigenvalue weighted by atomic mass is 10.1. The lowest BCUT2D eigenvalue weighted by Gasteiger charge is -2.19. The van der Waals surface area contributed by atoms with E-state index in [-0.39, 0.29) is 5.25 Å². The van der Waals surface area contributed by atoms with Crippen LogP contribution in [-0.4, -0.2) is 20.2 Å². The second kappa shape index (κ2) is 3.13. The van der Waals surface area contributed by atoms with Gasteiger partial charge in [-0.2, -0.15) is 0 Å². The molecule has 0 aromatic heterocycles. The van der Waals surface area contributed by atoms with Crippen molar-refractivity contribution in [1.29, 1.82) is 0 Å². The zero-order chi connectivity index (χ0) is 11.3. The number of sulfonamides is 1. The van der Waals surface area contributed by atoms with Gasteiger partial charge in [0.2, 0.25) is 10.0 Å². The number of fused-ring (bicyclic) bond motifs is 1. The van der Waals surface area contributed by atoms with E-state index in [1.165, 1.54) is 4.31 Å². The minimum atomic E-state index is -3.12. The fraction of sp³-hybridized carbons (Fsp3) is 0.455. The van der Waals surface area contributed by atoms with E-state index < -0.39 is 10.0 Å². The largest absolute Gasteiger partial charge is 0.398 e. The number of rotatable bonds is 2. The molecule has 1 aliphatic carbocycles. The minimum Gasteiger partial charge on any atom is -0.398 e. The average Bonchev–Trinajstić information content (AvgIpc) is 2.99. The van der Waals surface area contributed by atoms with Crippen LogP contribution in [0.25, 0.3) is 0 Å². The predicted molar refractivity (Wildman–Crippen MR) is 63.8 cm³/mol. The summed E-state index contributed by atoms with van der Waals surface area (Å²) in [4.78, 5) is 0. The van der Waals surface area contributed by atoms with Crippen molar-refractivity contribution in [3.63, 3.8) is 0 Å². The average molecular weight is 238 g/mol. The molecule has 0 amide bonds. The van der Waals surface area contributed by atoms with Crippen molar-refractivity contribution in [3.8, 4) is 0 Å². The molecular weight excluding hydrogens is 224 g/mol. The van der Waals surface area contributed by atoms with E-state index in [2.05, 4.69) is 0 Å². The molecule has 1 aromatic rings. The van der Waals surface area contributed by atoms with E-state index in [4.69, 9.17) is 5.73 Å². The van der Waals surface area contributed by atoms with Crippen LogP contribution in [0.1, 0.15) is 18.4 Å². The Morgan fingerprint density at radius 3 is 2.75 bits per heavy atom. The zero-order valence-electron chi connectivity index (χ0n) is 8.89. The lowest BCUT2D eigenvalue weighted by molar-refractivity contribution is 0.591. The quantitative estimate of drug-likeness (QED) is 0.785. The van der Waals surface area contributed by atoms with E-state index in [1.807, 2.05) is 18.2 Å². The Kier molecular flexibility index (Phi) is 1.95. The molecule has 1 saturated carbocycles. The first-order valence-corrected chi connectivity index (χ1v) is 7.00. The summed E-state index contributed by atoms with van der Waals surface area (Å²) in [5.41, 5.74) is 8.31. The Labute approximate surface area is 95.1 Å². The molecule has 0 spiro atoms. The summed E-state index contributed by atoms with van der Waals surface area (Å²) in [6, 6.07) is 5.49. The number of anilines is 2. The molecule has 2 aliphatic rings. The maximum absolute atomic E-state index is 12.2. The van der Waals surface area contributed by atoms with Crippen LogP contribution in [-0.2, 0) is 16.4 Å². The fourth-order valence-corrected chi connectivity index (χ4v) is 4.12. The van der Waals surface area contributed by atoms with E-state index in [1.54, 1.807) is 0 Å². The highest BCUT2D eigenvalue weighted by Gasteiger charge is 2.42. The van der Waals surface area contributed by atoms with Crippen molar-refractivity contribution >= 4 is 21.4 Å². The summed E-state index contributed by atoms with van der Waals surface area (Å²) >= 11 is 0. The van der Waals surface area contributed by atoms with Gasteiger partial charge >= 0.3 is 0 Å². The molecule has 1 fully saturated rings. The van der Waals surface area contributed by atoms with E-state index in [0.717, 1.165) is 30.5 Å². The first-order valence-electron chi connectivity index (χ1n) is 5.49. The van der Waals surface area contributed by atoms with Crippen molar-refractivity contribution in [2.24, 2.45) is 0 Å². The Morgan fingerprint density at radius 1 is 1.31 bits per heavy atom. The number of benzene rings is 1. The summed E-state index contributed by atoms with van der Waals surface area (Å²) in [5.74, 6) is 0. The Balaban J connectivity index is 2.06. The summed E-state index contributed by atoms with van der Waals surface area (Å²) in [5, 5.41) is -0.153. The van der Waals surface area contributed by atoms with Gasteiger partial charge < -0.3 is 5.73 Å². The van der Waals surface area contributed by atoms with Crippen molar-refractivity contribution in [1.82, 2.24) is 0 Å². The smallest absolute Gasteiger partial charge is 0.238 e. The number of hydrogen-bond donors (Lipinski definition) is 1. The molecule has 5 heteroatoms. The maximum atomic E-state index is 12.2. The van der Waals surface area contributed by atoms with Crippen LogP contribution >= 0.6 is 0 Å². The van der Waals surface area contributed by atoms with Crippen LogP contribution < -0.4 is 10.0 Å². The van der Waals surface area contributed by atoms with Gasteiger partial charge in [-0.25, -0.2) is 8.42 Å². The Morgan fingerprint density at radius 2 is 2.06 bits per heavy atom. The SMILES string of the molecule is Nc1cccc2c1CCN2S(=O)(=O)C1CC1. The van der Waals surface area contributed by atoms with Gasteiger partial charge in [0.05, 0.1) is 10.9 Å². The molecule has 16 heavy (non-hydrogen) atoms. The molecular formula is C11H14N2O2S. The van der Waals surface area contributed by atoms with Crippen LogP contribution in [0.4, 0.5) is 11.4 Å². The maximum Gasteiger partial charge on any atom is 0.238 e. The van der Waals surface area contributed by atoms with Crippen molar-refractivity contribution in [3.05, 3.63) is 23.8 Å². The molecule has 0 bridgehead atoms. The first kappa shape index (κ1) is 9.96. The van der Waals surface area contributed by atoms with Crippen LogP contribution in [0.5, 0.6) is 0 Å². The first-order chi connectivity index (χ1) is 7.60. The van der Waals surface area contributed by atoms with Gasteiger partial charge in [-0.3, -0.25) is 4.31 Å². The summed E-state index contributed by atoms with van der Waals surface area (Å²) in [6.45, 7) is 0.544. The van der Waals surface area contributed by atoms with E-state index in [0.29, 0.717) is 12.2 Å². The van der Waals surface area contributed by atoms with Crippen LogP contribution in [0, 0.1) is 0 Å². The van der Waals surface area contributed by atoms with Crippen LogP contribution in [0.3, 0.4) is 0 Å². The Bertz CT molecular complexity index is 535. The normalized spacial score (nSPS) is 19.9. The van der Waals surface area contributed by atoms with Crippen LogP contribution in [0.15, 0.2) is 18.2 Å². The third kappa shape index (κ3) is 1.31. The molecule has 2 N–H and O–H groups in total. The molecule has 1 aliphatic heterocycles. The number of nitrogen functional groups attached to an aromatic ring is 1. The van der Waals surface area contributed by atoms with Gasteiger partial charge in [0.25, 0.3) is 0 Å². The number of nitrogens with zero attached hydrogens (tertiary/aromatic N) is 1. The van der Waals surface area contributed by atoms with Crippen molar-refractivity contribution in [2.75, 3.05) is 16.6 Å². The minimum absolute atomic E-state index is 0.153. The molecule has 1 aromatic carbocycles. The number of nitrogens with two attached hydrogens (primary N) is 1. The highest BCUT2D eigenvalue weighted by molar-refractivity contribution is 7.93. The predicted octanol–water partition coefficient (Wildman–Crippen LogP) is 1.12. The van der Waals surface area contributed by atoms with Gasteiger partial charge in [0, 0.05) is 17.8 Å². The fourth-order valence-electron chi connectivity index (χ4n) is 2.24. The Hall–Kier alpha value is -1.23. The van der Waals surface area contributed by atoms with Gasteiger partial charge in [-0.05, 0) is 31.4 Å². The number of hydrogen-bond acceptors (Lipinski definition) is 3. The zero-order valence-corrected chi connectivity index (χ0v) is 9.70. The molecule has 0 atom stereocenters. The third-order valence-corrected chi connectivity index (χ3v) is 5.58. The van der Waals surface area contributed by atoms with Gasteiger partial charge in [0.15, 0.2) is 0 Å². The van der Waals surface area contributed by atoms with Crippen LogP contribution in [0.2, 0.25) is 0 Å². The standard InChI is InChI=1S/C11H14N2O2S/c12-10-2-1-3-11-9(10)6-7-13(11)16(14,15)8-4-5-8/h1-3,8H,4-7,12H2. The molecule has 4 nitrogen and oxygen atoms in total. The third-order valence-electron chi connectivity index (χ3n) is 3.27. The van der Waals surface area contributed by atoms with Gasteiger partial charge in [0.1, 0.15) is 0 Å². The summed E-state index contributed by atoms with van der Waals surface area (Å²) in [6.07, 6.45) is 2.33. The van der Waals surface area contributed by atoms with Crippen molar-refractivity contribution < 1.29 is 8.42 Å². The van der Waals surface area contributed by atoms with E-state index in [9.17, 15) is 8.42 Å². The molecule has 0 saturated heterocycles. The van der Waals surface area contributed by atoms with Gasteiger partial charge in [-0.15, -0.1) is 0 Å². The van der Waals surface area contributed by atoms with E-state index >= 15 is 0 Å². The summed E-state index contributed by atoms with van der Waals surface area (Å²) in [7, 11) is -3.12. The van der Waals surface area contributed by atoms with Crippen molar-refractivity contribution in [2.45, 2.75) is 24.5 Å². The monoisotopic (exact) mass is 238 g/mol. The highest BCUT2D eigenvalue weighted by Crippen LogP contribution is 2.39. The lowest BCUT2D eigenvalue weighted by Crippen LogP contribution is -2.32. The molecule has 3 rings (SSSR count). The molecule has 0 radical (unpaired) electrons.